The van der Waals surface area contributed by atoms with Gasteiger partial charge in [-0.3, -0.25) is 0 Å². The molecule has 98 valence electrons. The molecular formula is C16H19N3. The Morgan fingerprint density at radius 2 is 2.11 bits per heavy atom. The Balaban J connectivity index is 1.59. The Labute approximate surface area is 113 Å². The summed E-state index contributed by atoms with van der Waals surface area (Å²) in [5.74, 6) is 0.749. The Morgan fingerprint density at radius 1 is 1.21 bits per heavy atom. The maximum Gasteiger partial charge on any atom is 0.0951 e. The van der Waals surface area contributed by atoms with Crippen molar-refractivity contribution >= 4 is 0 Å². The third-order valence-corrected chi connectivity index (χ3v) is 4.52. The zero-order chi connectivity index (χ0) is 12.7. The fourth-order valence-corrected chi connectivity index (χ4v) is 3.15. The molecule has 0 unspecified atom stereocenters. The van der Waals surface area contributed by atoms with Crippen molar-refractivity contribution in [2.75, 3.05) is 0 Å². The van der Waals surface area contributed by atoms with E-state index in [0.717, 1.165) is 25.6 Å². The number of rotatable bonds is 3. The van der Waals surface area contributed by atoms with Gasteiger partial charge in [-0.2, -0.15) is 0 Å². The van der Waals surface area contributed by atoms with E-state index < -0.39 is 0 Å². The van der Waals surface area contributed by atoms with Crippen LogP contribution in [-0.2, 0) is 19.6 Å². The van der Waals surface area contributed by atoms with Crippen LogP contribution in [0.25, 0.3) is 0 Å². The van der Waals surface area contributed by atoms with E-state index in [1.54, 1.807) is 0 Å². The number of imidazole rings is 1. The van der Waals surface area contributed by atoms with Gasteiger partial charge in [0.1, 0.15) is 0 Å². The molecule has 4 rings (SSSR count). The van der Waals surface area contributed by atoms with E-state index in [0.29, 0.717) is 0 Å². The lowest BCUT2D eigenvalue weighted by atomic mass is 9.83. The molecule has 0 saturated heterocycles. The van der Waals surface area contributed by atoms with Gasteiger partial charge in [0.15, 0.2) is 0 Å². The van der Waals surface area contributed by atoms with Gasteiger partial charge in [0, 0.05) is 37.4 Å². The lowest BCUT2D eigenvalue weighted by Gasteiger charge is -2.26. The summed E-state index contributed by atoms with van der Waals surface area (Å²) in [6, 6.07) is 6.88. The van der Waals surface area contributed by atoms with Gasteiger partial charge in [0.25, 0.3) is 0 Å². The molecule has 3 nitrogen and oxygen atoms in total. The number of nitrogens with zero attached hydrogens (tertiary/aromatic N) is 2. The number of nitrogens with one attached hydrogen (secondary N) is 1. The molecule has 19 heavy (non-hydrogen) atoms. The zero-order valence-electron chi connectivity index (χ0n) is 11.1. The van der Waals surface area contributed by atoms with Gasteiger partial charge in [-0.1, -0.05) is 24.6 Å². The van der Waals surface area contributed by atoms with Gasteiger partial charge in [-0.05, 0) is 29.5 Å². The van der Waals surface area contributed by atoms with E-state index in [2.05, 4.69) is 39.3 Å². The van der Waals surface area contributed by atoms with Crippen molar-refractivity contribution < 1.29 is 0 Å². The zero-order valence-corrected chi connectivity index (χ0v) is 11.1. The second-order valence-electron chi connectivity index (χ2n) is 5.78. The van der Waals surface area contributed by atoms with Crippen molar-refractivity contribution in [2.45, 2.75) is 44.8 Å². The fourth-order valence-electron chi connectivity index (χ4n) is 3.15. The first-order valence-corrected chi connectivity index (χ1v) is 7.21. The molecule has 1 aromatic carbocycles. The molecular weight excluding hydrogens is 234 g/mol. The van der Waals surface area contributed by atoms with Crippen LogP contribution < -0.4 is 5.32 Å². The summed E-state index contributed by atoms with van der Waals surface area (Å²) >= 11 is 0. The third kappa shape index (κ3) is 1.98. The average molecular weight is 253 g/mol. The summed E-state index contributed by atoms with van der Waals surface area (Å²) in [5.41, 5.74) is 5.72. The molecule has 1 N–H and O–H groups in total. The van der Waals surface area contributed by atoms with Crippen LogP contribution in [0.3, 0.4) is 0 Å². The summed E-state index contributed by atoms with van der Waals surface area (Å²) in [6.07, 6.45) is 8.08. The fraction of sp³-hybridized carbons (Fsp3) is 0.438. The number of hydrogen-bond acceptors (Lipinski definition) is 2. The molecule has 1 saturated carbocycles. The van der Waals surface area contributed by atoms with Gasteiger partial charge in [0.2, 0.25) is 0 Å². The van der Waals surface area contributed by atoms with E-state index in [4.69, 9.17) is 0 Å². The van der Waals surface area contributed by atoms with Crippen LogP contribution in [0.1, 0.15) is 47.6 Å². The number of fused-ring (bicyclic) bond motifs is 1. The summed E-state index contributed by atoms with van der Waals surface area (Å²) in [6.45, 7) is 3.00. The van der Waals surface area contributed by atoms with E-state index in [9.17, 15) is 0 Å². The van der Waals surface area contributed by atoms with Crippen LogP contribution in [-0.4, -0.2) is 9.55 Å². The van der Waals surface area contributed by atoms with Crippen molar-refractivity contribution in [1.82, 2.24) is 14.9 Å². The maximum absolute atomic E-state index is 4.34. The molecule has 0 spiro atoms. The minimum Gasteiger partial charge on any atom is -0.330 e. The van der Waals surface area contributed by atoms with E-state index in [1.807, 2.05) is 6.33 Å². The van der Waals surface area contributed by atoms with Crippen molar-refractivity contribution in [3.63, 3.8) is 0 Å². The minimum absolute atomic E-state index is 0.749. The van der Waals surface area contributed by atoms with E-state index >= 15 is 0 Å². The lowest BCUT2D eigenvalue weighted by molar-refractivity contribution is 0.399. The first-order valence-electron chi connectivity index (χ1n) is 7.21. The van der Waals surface area contributed by atoms with Crippen molar-refractivity contribution in [2.24, 2.45) is 0 Å². The van der Waals surface area contributed by atoms with Gasteiger partial charge in [-0.15, -0.1) is 0 Å². The Bertz CT molecular complexity index is 596. The normalized spacial score (nSPS) is 18.3. The average Bonchev–Trinajstić information content (AvgIpc) is 2.96. The largest absolute Gasteiger partial charge is 0.330 e. The van der Waals surface area contributed by atoms with E-state index in [1.165, 1.54) is 41.6 Å². The topological polar surface area (TPSA) is 29.9 Å². The highest BCUT2D eigenvalue weighted by Gasteiger charge is 2.22. The highest BCUT2D eigenvalue weighted by atomic mass is 15.0. The first-order chi connectivity index (χ1) is 9.40. The van der Waals surface area contributed by atoms with Crippen molar-refractivity contribution in [1.29, 1.82) is 0 Å². The summed E-state index contributed by atoms with van der Waals surface area (Å²) in [7, 11) is 0. The summed E-state index contributed by atoms with van der Waals surface area (Å²) < 4.78 is 2.33. The second-order valence-corrected chi connectivity index (χ2v) is 5.78. The number of hydrogen-bond donors (Lipinski definition) is 1. The minimum atomic E-state index is 0.749. The van der Waals surface area contributed by atoms with Crippen LogP contribution in [0.15, 0.2) is 30.7 Å². The molecule has 1 aliphatic heterocycles. The maximum atomic E-state index is 4.34. The SMILES string of the molecule is c1cc2c(cc1Cn1cncc1C1CCC1)CNC2. The van der Waals surface area contributed by atoms with Crippen molar-refractivity contribution in [3.8, 4) is 0 Å². The van der Waals surface area contributed by atoms with Gasteiger partial charge in [0.05, 0.1) is 6.33 Å². The standard InChI is InChI=1S/C16H19N3/c1-2-13(3-1)16-9-18-11-19(16)10-12-4-5-14-7-17-8-15(14)6-12/h4-6,9,11,13,17H,1-3,7-8,10H2. The highest BCUT2D eigenvalue weighted by molar-refractivity contribution is 5.34. The molecule has 0 radical (unpaired) electrons. The van der Waals surface area contributed by atoms with E-state index in [-0.39, 0.29) is 0 Å². The predicted octanol–water partition coefficient (Wildman–Crippen LogP) is 2.80. The van der Waals surface area contributed by atoms with Gasteiger partial charge < -0.3 is 9.88 Å². The molecule has 1 aromatic heterocycles. The molecule has 2 aliphatic rings. The number of benzene rings is 1. The molecule has 0 amide bonds. The number of aromatic nitrogens is 2. The van der Waals surface area contributed by atoms with Crippen LogP contribution in [0, 0.1) is 0 Å². The summed E-state index contributed by atoms with van der Waals surface area (Å²) in [5, 5.41) is 3.40. The quantitative estimate of drug-likeness (QED) is 0.911. The molecule has 1 aliphatic carbocycles. The smallest absolute Gasteiger partial charge is 0.0951 e. The predicted molar refractivity (Wildman–Crippen MR) is 74.9 cm³/mol. The molecule has 0 bridgehead atoms. The lowest BCUT2D eigenvalue weighted by Crippen LogP contribution is -2.14. The Morgan fingerprint density at radius 3 is 2.95 bits per heavy atom. The van der Waals surface area contributed by atoms with Gasteiger partial charge >= 0.3 is 0 Å². The molecule has 3 heteroatoms. The van der Waals surface area contributed by atoms with Gasteiger partial charge in [-0.25, -0.2) is 4.98 Å². The van der Waals surface area contributed by atoms with Crippen LogP contribution in [0.5, 0.6) is 0 Å². The molecule has 2 aromatic rings. The van der Waals surface area contributed by atoms with Crippen LogP contribution in [0.4, 0.5) is 0 Å². The first kappa shape index (κ1) is 11.2. The second kappa shape index (κ2) is 4.49. The molecule has 2 heterocycles. The van der Waals surface area contributed by atoms with Crippen molar-refractivity contribution in [3.05, 3.63) is 53.1 Å². The van der Waals surface area contributed by atoms with Crippen LogP contribution >= 0.6 is 0 Å². The molecule has 1 fully saturated rings. The Kier molecular flexibility index (Phi) is 2.66. The highest BCUT2D eigenvalue weighted by Crippen LogP contribution is 2.36. The third-order valence-electron chi connectivity index (χ3n) is 4.52. The molecule has 0 atom stereocenters. The van der Waals surface area contributed by atoms with Crippen LogP contribution in [0.2, 0.25) is 0 Å². The monoisotopic (exact) mass is 253 g/mol. The Hall–Kier alpha value is -1.61. The summed E-state index contributed by atoms with van der Waals surface area (Å²) in [4.78, 5) is 4.34.